The van der Waals surface area contributed by atoms with E-state index in [1.165, 1.54) is 6.39 Å². The molecule has 4 nitrogen and oxygen atoms in total. The van der Waals surface area contributed by atoms with Crippen molar-refractivity contribution in [3.8, 4) is 5.75 Å². The summed E-state index contributed by atoms with van der Waals surface area (Å²) in [5.41, 5.74) is 1.03. The maximum Gasteiger partial charge on any atom is 0.180 e. The van der Waals surface area contributed by atoms with E-state index in [4.69, 9.17) is 9.15 Å². The maximum absolute atomic E-state index is 5.50. The number of oxazole rings is 1. The Labute approximate surface area is 101 Å². The first-order valence-corrected chi connectivity index (χ1v) is 5.72. The Morgan fingerprint density at radius 1 is 1.29 bits per heavy atom. The van der Waals surface area contributed by atoms with Crippen LogP contribution in [0.1, 0.15) is 19.1 Å². The normalized spacial score (nSPS) is 10.2. The molecule has 0 radical (unpaired) electrons. The molecule has 1 heterocycles. The van der Waals surface area contributed by atoms with Gasteiger partial charge >= 0.3 is 0 Å². The second kappa shape index (κ2) is 5.94. The van der Waals surface area contributed by atoms with Crippen molar-refractivity contribution in [2.24, 2.45) is 0 Å². The second-order valence-corrected chi connectivity index (χ2v) is 3.69. The van der Waals surface area contributed by atoms with Crippen molar-refractivity contribution in [3.05, 3.63) is 42.6 Å². The molecule has 0 amide bonds. The van der Waals surface area contributed by atoms with Crippen molar-refractivity contribution in [3.63, 3.8) is 0 Å². The van der Waals surface area contributed by atoms with Crippen molar-refractivity contribution >= 4 is 5.69 Å². The average molecular weight is 232 g/mol. The van der Waals surface area contributed by atoms with E-state index in [2.05, 4.69) is 17.2 Å². The Balaban J connectivity index is 1.85. The first kappa shape index (κ1) is 11.5. The topological polar surface area (TPSA) is 47.3 Å². The predicted molar refractivity (Wildman–Crippen MR) is 66.1 cm³/mol. The number of rotatable bonds is 6. The standard InChI is InChI=1S/C13H16N2O2/c1-2-7-16-12-5-3-11(4-6-12)15-9-13-8-14-10-17-13/h3-6,8,10,15H,2,7,9H2,1H3. The molecule has 4 heteroatoms. The summed E-state index contributed by atoms with van der Waals surface area (Å²) in [4.78, 5) is 3.86. The highest BCUT2D eigenvalue weighted by molar-refractivity contribution is 5.46. The first-order valence-electron chi connectivity index (χ1n) is 5.72. The molecule has 0 bridgehead atoms. The third-order valence-electron chi connectivity index (χ3n) is 2.28. The van der Waals surface area contributed by atoms with E-state index in [0.29, 0.717) is 6.54 Å². The lowest BCUT2D eigenvalue weighted by molar-refractivity contribution is 0.317. The van der Waals surface area contributed by atoms with Crippen molar-refractivity contribution in [2.75, 3.05) is 11.9 Å². The van der Waals surface area contributed by atoms with E-state index in [0.717, 1.165) is 30.2 Å². The van der Waals surface area contributed by atoms with Gasteiger partial charge in [-0.25, -0.2) is 4.98 Å². The fourth-order valence-electron chi connectivity index (χ4n) is 1.41. The highest BCUT2D eigenvalue weighted by Crippen LogP contribution is 2.16. The van der Waals surface area contributed by atoms with E-state index in [9.17, 15) is 0 Å². The number of benzene rings is 1. The Morgan fingerprint density at radius 2 is 2.12 bits per heavy atom. The summed E-state index contributed by atoms with van der Waals surface area (Å²) in [5.74, 6) is 1.72. The van der Waals surface area contributed by atoms with E-state index in [1.807, 2.05) is 24.3 Å². The molecule has 0 saturated heterocycles. The van der Waals surface area contributed by atoms with Gasteiger partial charge in [0.25, 0.3) is 0 Å². The molecule has 17 heavy (non-hydrogen) atoms. The summed E-state index contributed by atoms with van der Waals surface area (Å²) >= 11 is 0. The van der Waals surface area contributed by atoms with Crippen molar-refractivity contribution in [2.45, 2.75) is 19.9 Å². The summed E-state index contributed by atoms with van der Waals surface area (Å²) in [6.07, 6.45) is 4.15. The third-order valence-corrected chi connectivity index (χ3v) is 2.28. The number of nitrogens with zero attached hydrogens (tertiary/aromatic N) is 1. The highest BCUT2D eigenvalue weighted by atomic mass is 16.5. The Hall–Kier alpha value is -1.97. The number of aromatic nitrogens is 1. The lowest BCUT2D eigenvalue weighted by Gasteiger charge is -2.07. The molecule has 0 aliphatic rings. The minimum atomic E-state index is 0.634. The molecule has 1 aromatic carbocycles. The van der Waals surface area contributed by atoms with Gasteiger partial charge in [0.2, 0.25) is 0 Å². The molecule has 0 aliphatic heterocycles. The Kier molecular flexibility index (Phi) is 4.02. The van der Waals surface area contributed by atoms with Crippen molar-refractivity contribution < 1.29 is 9.15 Å². The van der Waals surface area contributed by atoms with Crippen LogP contribution in [0.5, 0.6) is 5.75 Å². The van der Waals surface area contributed by atoms with Gasteiger partial charge in [0.05, 0.1) is 19.3 Å². The van der Waals surface area contributed by atoms with Crippen molar-refractivity contribution in [1.82, 2.24) is 4.98 Å². The number of nitrogens with one attached hydrogen (secondary N) is 1. The second-order valence-electron chi connectivity index (χ2n) is 3.69. The summed E-state index contributed by atoms with van der Waals surface area (Å²) < 4.78 is 10.6. The van der Waals surface area contributed by atoms with Crippen LogP contribution in [0, 0.1) is 0 Å². The van der Waals surface area contributed by atoms with E-state index in [-0.39, 0.29) is 0 Å². The van der Waals surface area contributed by atoms with Gasteiger partial charge in [0.1, 0.15) is 11.5 Å². The van der Waals surface area contributed by atoms with Crippen LogP contribution in [0.2, 0.25) is 0 Å². The average Bonchev–Trinajstić information content (AvgIpc) is 2.88. The smallest absolute Gasteiger partial charge is 0.180 e. The van der Waals surface area contributed by atoms with Gasteiger partial charge in [-0.05, 0) is 30.7 Å². The molecule has 0 unspecified atom stereocenters. The van der Waals surface area contributed by atoms with Crippen LogP contribution in [-0.2, 0) is 6.54 Å². The summed E-state index contributed by atoms with van der Waals surface area (Å²) in [7, 11) is 0. The number of hydrogen-bond acceptors (Lipinski definition) is 4. The molecular formula is C13H16N2O2. The van der Waals surface area contributed by atoms with Gasteiger partial charge in [-0.3, -0.25) is 0 Å². The molecule has 90 valence electrons. The SMILES string of the molecule is CCCOc1ccc(NCc2cnco2)cc1. The zero-order chi connectivity index (χ0) is 11.9. The van der Waals surface area contributed by atoms with Crippen LogP contribution < -0.4 is 10.1 Å². The molecular weight excluding hydrogens is 216 g/mol. The summed E-state index contributed by atoms with van der Waals surface area (Å²) in [6, 6.07) is 7.89. The molecule has 2 aromatic rings. The quantitative estimate of drug-likeness (QED) is 0.831. The highest BCUT2D eigenvalue weighted by Gasteiger charge is 1.97. The van der Waals surface area contributed by atoms with Gasteiger partial charge in [-0.2, -0.15) is 0 Å². The monoisotopic (exact) mass is 232 g/mol. The number of ether oxygens (including phenoxy) is 1. The van der Waals surface area contributed by atoms with Crippen LogP contribution in [0.25, 0.3) is 0 Å². The van der Waals surface area contributed by atoms with Crippen molar-refractivity contribution in [1.29, 1.82) is 0 Å². The van der Waals surface area contributed by atoms with Crippen LogP contribution in [0.4, 0.5) is 5.69 Å². The Morgan fingerprint density at radius 3 is 2.76 bits per heavy atom. The number of hydrogen-bond donors (Lipinski definition) is 1. The molecule has 0 saturated carbocycles. The molecule has 0 fully saturated rings. The fourth-order valence-corrected chi connectivity index (χ4v) is 1.41. The minimum Gasteiger partial charge on any atom is -0.494 e. The lowest BCUT2D eigenvalue weighted by atomic mass is 10.3. The van der Waals surface area contributed by atoms with Gasteiger partial charge in [-0.1, -0.05) is 6.92 Å². The van der Waals surface area contributed by atoms with Crippen LogP contribution in [0.3, 0.4) is 0 Å². The largest absolute Gasteiger partial charge is 0.494 e. The van der Waals surface area contributed by atoms with E-state index in [1.54, 1.807) is 6.20 Å². The first-order chi connectivity index (χ1) is 8.38. The molecule has 0 spiro atoms. The summed E-state index contributed by atoms with van der Waals surface area (Å²) in [5, 5.41) is 3.24. The van der Waals surface area contributed by atoms with E-state index < -0.39 is 0 Å². The molecule has 2 rings (SSSR count). The molecule has 1 N–H and O–H groups in total. The minimum absolute atomic E-state index is 0.634. The maximum atomic E-state index is 5.50. The zero-order valence-electron chi connectivity index (χ0n) is 9.85. The molecule has 1 aromatic heterocycles. The fraction of sp³-hybridized carbons (Fsp3) is 0.308. The zero-order valence-corrected chi connectivity index (χ0v) is 9.85. The van der Waals surface area contributed by atoms with Crippen LogP contribution in [0.15, 0.2) is 41.3 Å². The van der Waals surface area contributed by atoms with Gasteiger partial charge in [0.15, 0.2) is 6.39 Å². The third kappa shape index (κ3) is 3.52. The van der Waals surface area contributed by atoms with Gasteiger partial charge in [0, 0.05) is 5.69 Å². The van der Waals surface area contributed by atoms with Crippen LogP contribution in [-0.4, -0.2) is 11.6 Å². The van der Waals surface area contributed by atoms with Gasteiger partial charge in [-0.15, -0.1) is 0 Å². The Bertz CT molecular complexity index is 423. The summed E-state index contributed by atoms with van der Waals surface area (Å²) in [6.45, 7) is 3.48. The number of anilines is 1. The molecule has 0 aliphatic carbocycles. The lowest BCUT2D eigenvalue weighted by Crippen LogP contribution is -1.98. The van der Waals surface area contributed by atoms with Gasteiger partial charge < -0.3 is 14.5 Å². The van der Waals surface area contributed by atoms with Crippen LogP contribution >= 0.6 is 0 Å². The van der Waals surface area contributed by atoms with E-state index >= 15 is 0 Å². The molecule has 0 atom stereocenters. The predicted octanol–water partition coefficient (Wildman–Crippen LogP) is 3.08.